The molecule has 3 aliphatic rings. The number of nitrogens with one attached hydrogen (secondary N) is 1. The number of amides is 1. The lowest BCUT2D eigenvalue weighted by Gasteiger charge is -2.37. The van der Waals surface area contributed by atoms with E-state index >= 15 is 0 Å². The molecule has 3 heterocycles. The van der Waals surface area contributed by atoms with Gasteiger partial charge < -0.3 is 15.1 Å². The van der Waals surface area contributed by atoms with Crippen LogP contribution < -0.4 is 10.2 Å². The van der Waals surface area contributed by atoms with E-state index in [-0.39, 0.29) is 11.8 Å². The number of aryl methyl sites for hydroxylation is 2. The Morgan fingerprint density at radius 2 is 1.81 bits per heavy atom. The van der Waals surface area contributed by atoms with Crippen LogP contribution in [0.25, 0.3) is 10.2 Å². The minimum atomic E-state index is -0.193. The third kappa shape index (κ3) is 4.85. The number of rotatable bonds is 6. The van der Waals surface area contributed by atoms with Crippen LogP contribution in [0, 0.1) is 0 Å². The fourth-order valence-corrected chi connectivity index (χ4v) is 7.49. The van der Waals surface area contributed by atoms with E-state index in [0.717, 1.165) is 35.7 Å². The molecule has 6 nitrogen and oxygen atoms in total. The first-order chi connectivity index (χ1) is 17.7. The molecular formula is C28H34ClN5OS. The summed E-state index contributed by atoms with van der Waals surface area (Å²) >= 11 is 7.99. The molecule has 190 valence electrons. The Morgan fingerprint density at radius 1 is 1.03 bits per heavy atom. The molecule has 1 atom stereocenters. The van der Waals surface area contributed by atoms with Gasteiger partial charge in [0.05, 0.1) is 11.3 Å². The Balaban J connectivity index is 1.16. The van der Waals surface area contributed by atoms with E-state index < -0.39 is 0 Å². The highest BCUT2D eigenvalue weighted by molar-refractivity contribution is 7.19. The number of carbonyl (C=O) groups excluding carboxylic acids is 1. The summed E-state index contributed by atoms with van der Waals surface area (Å²) in [6, 6.07) is 8.34. The standard InChI is InChI=1S/C28H34ClN5OS/c29-20-11-9-19(10-12-20)23(17-30-21-5-2-1-3-6-21)28(35)34-15-13-33(14-16-34)26-25-22-7-4-8-24(22)36-27(25)32-18-31-26/h9-12,18,21,23,30H,1-8,13-17H2. The lowest BCUT2D eigenvalue weighted by molar-refractivity contribution is -0.133. The smallest absolute Gasteiger partial charge is 0.231 e. The number of aromatic nitrogens is 2. The third-order valence-corrected chi connectivity index (χ3v) is 9.61. The van der Waals surface area contributed by atoms with E-state index in [4.69, 9.17) is 16.6 Å². The molecule has 1 saturated heterocycles. The molecule has 2 fully saturated rings. The van der Waals surface area contributed by atoms with Gasteiger partial charge in [0, 0.05) is 48.7 Å². The highest BCUT2D eigenvalue weighted by atomic mass is 35.5. The van der Waals surface area contributed by atoms with E-state index in [9.17, 15) is 4.79 Å². The molecule has 0 bridgehead atoms. The Bertz CT molecular complexity index is 1210. The van der Waals surface area contributed by atoms with Gasteiger partial charge in [-0.3, -0.25) is 4.79 Å². The third-order valence-electron chi connectivity index (χ3n) is 8.16. The zero-order valence-corrected chi connectivity index (χ0v) is 22.3. The molecule has 2 aliphatic carbocycles. The SMILES string of the molecule is O=C(C(CNC1CCCCC1)c1ccc(Cl)cc1)N1CCN(c2ncnc3sc4c(c23)CCC4)CC1. The zero-order valence-electron chi connectivity index (χ0n) is 20.7. The Labute approximate surface area is 222 Å². The topological polar surface area (TPSA) is 61.4 Å². The zero-order chi connectivity index (χ0) is 24.5. The average molecular weight is 524 g/mol. The maximum atomic E-state index is 13.8. The van der Waals surface area contributed by atoms with Crippen molar-refractivity contribution in [2.24, 2.45) is 0 Å². The van der Waals surface area contributed by atoms with Crippen molar-refractivity contribution in [3.05, 3.63) is 51.6 Å². The largest absolute Gasteiger partial charge is 0.352 e. The summed E-state index contributed by atoms with van der Waals surface area (Å²) < 4.78 is 0. The molecule has 1 aliphatic heterocycles. The summed E-state index contributed by atoms with van der Waals surface area (Å²) in [6.07, 6.45) is 11.5. The molecule has 1 aromatic carbocycles. The predicted octanol–water partition coefficient (Wildman–Crippen LogP) is 5.19. The first-order valence-electron chi connectivity index (χ1n) is 13.4. The van der Waals surface area contributed by atoms with Crippen LogP contribution in [-0.4, -0.2) is 59.5 Å². The maximum absolute atomic E-state index is 13.8. The number of carbonyl (C=O) groups is 1. The summed E-state index contributed by atoms with van der Waals surface area (Å²) in [5.74, 6) is 1.07. The normalized spacial score (nSPS) is 19.6. The van der Waals surface area contributed by atoms with Gasteiger partial charge in [0.2, 0.25) is 5.91 Å². The van der Waals surface area contributed by atoms with Gasteiger partial charge >= 0.3 is 0 Å². The van der Waals surface area contributed by atoms with Gasteiger partial charge in [0.25, 0.3) is 0 Å². The highest BCUT2D eigenvalue weighted by Crippen LogP contribution is 2.40. The molecule has 1 N–H and O–H groups in total. The number of benzene rings is 1. The molecule has 2 aromatic heterocycles. The van der Waals surface area contributed by atoms with Crippen molar-refractivity contribution in [1.82, 2.24) is 20.2 Å². The number of hydrogen-bond donors (Lipinski definition) is 1. The summed E-state index contributed by atoms with van der Waals surface area (Å²) in [7, 11) is 0. The highest BCUT2D eigenvalue weighted by Gasteiger charge is 2.31. The van der Waals surface area contributed by atoms with Crippen LogP contribution in [0.1, 0.15) is 60.4 Å². The van der Waals surface area contributed by atoms with Gasteiger partial charge in [-0.25, -0.2) is 9.97 Å². The van der Waals surface area contributed by atoms with Gasteiger partial charge in [0.1, 0.15) is 17.0 Å². The Kier molecular flexibility index (Phi) is 7.13. The molecule has 1 amide bonds. The predicted molar refractivity (Wildman–Crippen MR) is 147 cm³/mol. The molecule has 0 radical (unpaired) electrons. The average Bonchev–Trinajstić information content (AvgIpc) is 3.52. The monoisotopic (exact) mass is 523 g/mol. The van der Waals surface area contributed by atoms with Crippen LogP contribution in [-0.2, 0) is 17.6 Å². The van der Waals surface area contributed by atoms with E-state index in [1.54, 1.807) is 6.33 Å². The minimum absolute atomic E-state index is 0.193. The molecule has 1 unspecified atom stereocenters. The Morgan fingerprint density at radius 3 is 2.58 bits per heavy atom. The van der Waals surface area contributed by atoms with Crippen molar-refractivity contribution < 1.29 is 4.79 Å². The van der Waals surface area contributed by atoms with Crippen LogP contribution >= 0.6 is 22.9 Å². The van der Waals surface area contributed by atoms with E-state index in [2.05, 4.69) is 20.1 Å². The molecule has 3 aromatic rings. The van der Waals surface area contributed by atoms with Crippen LogP contribution in [0.2, 0.25) is 5.02 Å². The summed E-state index contributed by atoms with van der Waals surface area (Å²) in [4.78, 5) is 30.1. The van der Waals surface area contributed by atoms with Crippen LogP contribution in [0.3, 0.4) is 0 Å². The second-order valence-corrected chi connectivity index (χ2v) is 11.9. The number of thiophene rings is 1. The van der Waals surface area contributed by atoms with Gasteiger partial charge in [-0.2, -0.15) is 0 Å². The fourth-order valence-electron chi connectivity index (χ4n) is 6.14. The first-order valence-corrected chi connectivity index (χ1v) is 14.6. The van der Waals surface area contributed by atoms with Crippen molar-refractivity contribution in [1.29, 1.82) is 0 Å². The van der Waals surface area contributed by atoms with Crippen molar-refractivity contribution in [3.8, 4) is 0 Å². The van der Waals surface area contributed by atoms with Crippen molar-refractivity contribution in [3.63, 3.8) is 0 Å². The quantitative estimate of drug-likeness (QED) is 0.482. The second-order valence-electron chi connectivity index (χ2n) is 10.4. The van der Waals surface area contributed by atoms with Crippen LogP contribution in [0.4, 0.5) is 5.82 Å². The van der Waals surface area contributed by atoms with Crippen molar-refractivity contribution in [2.45, 2.75) is 63.3 Å². The van der Waals surface area contributed by atoms with Crippen molar-refractivity contribution >= 4 is 44.9 Å². The molecule has 36 heavy (non-hydrogen) atoms. The summed E-state index contributed by atoms with van der Waals surface area (Å²) in [5.41, 5.74) is 2.50. The van der Waals surface area contributed by atoms with Crippen molar-refractivity contribution in [2.75, 3.05) is 37.6 Å². The number of anilines is 1. The van der Waals surface area contributed by atoms with Gasteiger partial charge in [0.15, 0.2) is 0 Å². The van der Waals surface area contributed by atoms with E-state index in [1.165, 1.54) is 60.8 Å². The molecular weight excluding hydrogens is 490 g/mol. The molecule has 8 heteroatoms. The van der Waals surface area contributed by atoms with Gasteiger partial charge in [-0.15, -0.1) is 11.3 Å². The second kappa shape index (κ2) is 10.6. The lowest BCUT2D eigenvalue weighted by atomic mass is 9.93. The summed E-state index contributed by atoms with van der Waals surface area (Å²) in [6.45, 7) is 3.70. The minimum Gasteiger partial charge on any atom is -0.352 e. The van der Waals surface area contributed by atoms with E-state index in [0.29, 0.717) is 30.7 Å². The molecule has 0 spiro atoms. The number of piperazine rings is 1. The maximum Gasteiger partial charge on any atom is 0.231 e. The van der Waals surface area contributed by atoms with Gasteiger partial charge in [-0.05, 0) is 55.4 Å². The molecule has 6 rings (SSSR count). The lowest BCUT2D eigenvalue weighted by Crippen LogP contribution is -2.51. The van der Waals surface area contributed by atoms with Gasteiger partial charge in [-0.1, -0.05) is 43.0 Å². The van der Waals surface area contributed by atoms with Crippen LogP contribution in [0.5, 0.6) is 0 Å². The van der Waals surface area contributed by atoms with Crippen LogP contribution in [0.15, 0.2) is 30.6 Å². The number of fused-ring (bicyclic) bond motifs is 3. The number of halogens is 1. The van der Waals surface area contributed by atoms with E-state index in [1.807, 2.05) is 35.6 Å². The number of hydrogen-bond acceptors (Lipinski definition) is 6. The molecule has 1 saturated carbocycles. The summed E-state index contributed by atoms with van der Waals surface area (Å²) in [5, 5.41) is 5.68. The number of nitrogens with zero attached hydrogens (tertiary/aromatic N) is 4. The Hall–Kier alpha value is -2.22. The first kappa shape index (κ1) is 24.1. The fraction of sp³-hybridized carbons (Fsp3) is 0.536.